The summed E-state index contributed by atoms with van der Waals surface area (Å²) in [5, 5.41) is 14.8. The molecule has 26 heavy (non-hydrogen) atoms. The summed E-state index contributed by atoms with van der Waals surface area (Å²) in [7, 11) is 0. The van der Waals surface area contributed by atoms with E-state index in [1.807, 2.05) is 0 Å². The molecule has 0 amide bonds. The van der Waals surface area contributed by atoms with Crippen LogP contribution in [0.3, 0.4) is 0 Å². The van der Waals surface area contributed by atoms with E-state index >= 15 is 0 Å². The van der Waals surface area contributed by atoms with E-state index in [1.165, 1.54) is 71.1 Å². The van der Waals surface area contributed by atoms with Gasteiger partial charge in [0.25, 0.3) is 0 Å². The number of aliphatic hydroxyl groups is 1. The van der Waals surface area contributed by atoms with Crippen LogP contribution in [-0.2, 0) is 24.7 Å². The Bertz CT molecular complexity index is 1110. The second kappa shape index (κ2) is 8.85. The Labute approximate surface area is 181 Å². The van der Waals surface area contributed by atoms with Gasteiger partial charge in [0.05, 0.1) is 0 Å². The predicted molar refractivity (Wildman–Crippen MR) is 94.8 cm³/mol. The van der Waals surface area contributed by atoms with E-state index in [4.69, 9.17) is 0 Å². The van der Waals surface area contributed by atoms with Crippen LogP contribution in [0.4, 0.5) is 0 Å². The Balaban J connectivity index is 0.00000121. The maximum absolute atomic E-state index is 9.43. The molecule has 2 aliphatic carbocycles. The molecular weight excluding hydrogens is 442 g/mol. The first-order valence-corrected chi connectivity index (χ1v) is 9.64. The summed E-state index contributed by atoms with van der Waals surface area (Å²) < 4.78 is 1.45. The molecule has 4 rings (SSSR count). The van der Waals surface area contributed by atoms with Gasteiger partial charge in [-0.25, -0.2) is 0 Å². The number of allylic oxidation sites excluding steroid dienone is 3. The summed E-state index contributed by atoms with van der Waals surface area (Å²) in [4.78, 5) is 0. The third-order valence-corrected chi connectivity index (χ3v) is 6.27. The molecule has 2 aromatic rings. The van der Waals surface area contributed by atoms with Crippen LogP contribution >= 0.6 is 0 Å². The van der Waals surface area contributed by atoms with Gasteiger partial charge < -0.3 is 24.8 Å². The maximum Gasteiger partial charge on any atom is -1.00 e. The SMILES string of the molecule is CC=c1ccc2c(c1C1=C(CCO)C=CC1)[C]([Zr+2])=c1ccccc1=2.[Cl-].[Cl-]. The zero-order valence-electron chi connectivity index (χ0n) is 14.5. The van der Waals surface area contributed by atoms with Gasteiger partial charge in [-0.1, -0.05) is 0 Å². The second-order valence-electron chi connectivity index (χ2n) is 6.25. The minimum Gasteiger partial charge on any atom is -1.00 e. The molecule has 0 heterocycles. The van der Waals surface area contributed by atoms with Crippen molar-refractivity contribution in [2.45, 2.75) is 19.8 Å². The summed E-state index contributed by atoms with van der Waals surface area (Å²) in [6, 6.07) is 13.3. The molecule has 0 fully saturated rings. The molecular formula is C22H19Cl2OZr. The summed E-state index contributed by atoms with van der Waals surface area (Å²) in [5.41, 5.74) is 5.47. The average Bonchev–Trinajstić information content (AvgIpc) is 3.18. The van der Waals surface area contributed by atoms with Gasteiger partial charge in [0.1, 0.15) is 0 Å². The summed E-state index contributed by atoms with van der Waals surface area (Å²) in [5.74, 6) is 0. The first kappa shape index (κ1) is 21.4. The van der Waals surface area contributed by atoms with Crippen LogP contribution in [0.5, 0.6) is 0 Å². The van der Waals surface area contributed by atoms with Crippen LogP contribution in [0.25, 0.3) is 14.9 Å². The molecule has 0 saturated heterocycles. The molecule has 0 bridgehead atoms. The minimum absolute atomic E-state index is 0. The summed E-state index contributed by atoms with van der Waals surface area (Å²) in [6.45, 7) is 2.32. The Hall–Kier alpha value is -0.917. The third-order valence-electron chi connectivity index (χ3n) is 5.00. The number of aliphatic hydroxyl groups excluding tert-OH is 1. The van der Waals surface area contributed by atoms with Crippen molar-refractivity contribution >= 4 is 14.9 Å². The first-order chi connectivity index (χ1) is 11.8. The fraction of sp³-hybridized carbons (Fsp3) is 0.182. The number of hydrogen-bond donors (Lipinski definition) is 1. The van der Waals surface area contributed by atoms with Crippen LogP contribution in [0.1, 0.15) is 30.9 Å². The Morgan fingerprint density at radius 1 is 1.00 bits per heavy atom. The number of hydrogen-bond acceptors (Lipinski definition) is 1. The molecule has 1 N–H and O–H groups in total. The number of rotatable bonds is 3. The first-order valence-electron chi connectivity index (χ1n) is 8.41. The van der Waals surface area contributed by atoms with E-state index in [9.17, 15) is 5.11 Å². The van der Waals surface area contributed by atoms with E-state index in [2.05, 4.69) is 61.5 Å². The summed E-state index contributed by atoms with van der Waals surface area (Å²) in [6.07, 6.45) is 8.33. The van der Waals surface area contributed by atoms with Crippen molar-refractivity contribution in [3.05, 3.63) is 86.1 Å². The predicted octanol–water partition coefficient (Wildman–Crippen LogP) is -3.11. The van der Waals surface area contributed by atoms with Gasteiger partial charge in [0.15, 0.2) is 0 Å². The number of halogens is 2. The van der Waals surface area contributed by atoms with Crippen molar-refractivity contribution in [1.29, 1.82) is 0 Å². The molecule has 1 nitrogen and oxygen atoms in total. The molecule has 0 saturated carbocycles. The van der Waals surface area contributed by atoms with Gasteiger partial charge in [-0.05, 0) is 0 Å². The fourth-order valence-electron chi connectivity index (χ4n) is 3.91. The monoisotopic (exact) mass is 459 g/mol. The zero-order valence-corrected chi connectivity index (χ0v) is 18.5. The Morgan fingerprint density at radius 3 is 2.42 bits per heavy atom. The van der Waals surface area contributed by atoms with Crippen molar-refractivity contribution in [2.24, 2.45) is 0 Å². The topological polar surface area (TPSA) is 20.2 Å². The smallest absolute Gasteiger partial charge is 1.00 e. The van der Waals surface area contributed by atoms with Crippen LogP contribution in [-0.4, -0.2) is 11.7 Å². The minimum atomic E-state index is 0. The Kier molecular flexibility index (Phi) is 7.28. The second-order valence-corrected chi connectivity index (χ2v) is 7.47. The van der Waals surface area contributed by atoms with E-state index in [0.29, 0.717) is 0 Å². The van der Waals surface area contributed by atoms with Crippen molar-refractivity contribution in [3.63, 3.8) is 0 Å². The normalized spacial score (nSPS) is 14.9. The van der Waals surface area contributed by atoms with Crippen molar-refractivity contribution < 1.29 is 54.6 Å². The van der Waals surface area contributed by atoms with Crippen LogP contribution in [0.2, 0.25) is 0 Å². The van der Waals surface area contributed by atoms with Crippen LogP contribution < -0.4 is 35.3 Å². The van der Waals surface area contributed by atoms with Gasteiger partial charge in [-0.2, -0.15) is 0 Å². The van der Waals surface area contributed by atoms with Crippen molar-refractivity contribution in [3.8, 4) is 0 Å². The van der Waals surface area contributed by atoms with Gasteiger partial charge >= 0.3 is 157 Å². The van der Waals surface area contributed by atoms with Crippen molar-refractivity contribution in [1.82, 2.24) is 0 Å². The number of benzene rings is 2. The van der Waals surface area contributed by atoms with Crippen LogP contribution in [0.15, 0.2) is 54.1 Å². The quantitative estimate of drug-likeness (QED) is 0.514. The van der Waals surface area contributed by atoms with E-state index < -0.39 is 0 Å². The van der Waals surface area contributed by atoms with E-state index in [1.54, 1.807) is 0 Å². The largest absolute Gasteiger partial charge is 1.00 e. The zero-order chi connectivity index (χ0) is 16.7. The average molecular weight is 462 g/mol. The molecule has 2 aromatic carbocycles. The van der Waals surface area contributed by atoms with Crippen molar-refractivity contribution in [2.75, 3.05) is 6.61 Å². The molecule has 131 valence electrons. The molecule has 4 heteroatoms. The van der Waals surface area contributed by atoms with Crippen LogP contribution in [0, 0.1) is 10.4 Å². The number of fused-ring (bicyclic) bond motifs is 2. The molecule has 2 aliphatic rings. The van der Waals surface area contributed by atoms with E-state index in [-0.39, 0.29) is 31.4 Å². The Morgan fingerprint density at radius 2 is 1.73 bits per heavy atom. The van der Waals surface area contributed by atoms with Gasteiger partial charge in [0, 0.05) is 0 Å². The fourth-order valence-corrected chi connectivity index (χ4v) is 5.08. The van der Waals surface area contributed by atoms with Gasteiger partial charge in [-0.15, -0.1) is 0 Å². The standard InChI is InChI=1S/C22H19O.2ClH.Zr/c1-2-15-10-11-20-18-8-4-3-6-17(18)14-21(20)22(15)19-9-5-7-16(19)12-13-23;;;/h2-8,10-11,23H,9,12-13H2,1H3;2*1H;/q;;;+2/p-2. The molecule has 0 unspecified atom stereocenters. The third kappa shape index (κ3) is 3.34. The molecule has 0 atom stereocenters. The maximum atomic E-state index is 9.43. The van der Waals surface area contributed by atoms with Gasteiger partial charge in [-0.3, -0.25) is 0 Å². The molecule has 0 aliphatic heterocycles. The molecule has 0 aromatic heterocycles. The molecule has 0 spiro atoms. The summed E-state index contributed by atoms with van der Waals surface area (Å²) >= 11 is 1.46. The molecule has 0 radical (unpaired) electrons. The van der Waals surface area contributed by atoms with Gasteiger partial charge in [0.2, 0.25) is 0 Å². The van der Waals surface area contributed by atoms with E-state index in [0.717, 1.165) is 12.8 Å².